The molecule has 1 aromatic rings. The number of rotatable bonds is 10. The molecule has 2 N–H and O–H groups in total. The molecule has 0 heterocycles. The number of nitrogens with zero attached hydrogens (tertiary/aromatic N) is 1. The average molecular weight is 345 g/mol. The van der Waals surface area contributed by atoms with E-state index in [1.54, 1.807) is 0 Å². The van der Waals surface area contributed by atoms with Gasteiger partial charge in [-0.2, -0.15) is 0 Å². The predicted molar refractivity (Wildman–Crippen MR) is 102 cm³/mol. The van der Waals surface area contributed by atoms with E-state index in [2.05, 4.69) is 52.6 Å². The highest BCUT2D eigenvalue weighted by Gasteiger charge is 2.43. The van der Waals surface area contributed by atoms with Crippen molar-refractivity contribution < 1.29 is 9.53 Å². The number of nitrogens with one attached hydrogen (secondary N) is 2. The zero-order chi connectivity index (χ0) is 18.0. The van der Waals surface area contributed by atoms with E-state index in [1.807, 2.05) is 0 Å². The van der Waals surface area contributed by atoms with Crippen molar-refractivity contribution in [2.24, 2.45) is 4.99 Å². The van der Waals surface area contributed by atoms with Gasteiger partial charge < -0.3 is 15.4 Å². The lowest BCUT2D eigenvalue weighted by atomic mass is 9.96. The molecule has 138 valence electrons. The number of carbonyl (C=O) groups excluding carboxylic acids is 1. The summed E-state index contributed by atoms with van der Waals surface area (Å²) >= 11 is 0. The molecule has 25 heavy (non-hydrogen) atoms. The first kappa shape index (κ1) is 19.3. The van der Waals surface area contributed by atoms with Crippen molar-refractivity contribution in [3.63, 3.8) is 0 Å². The maximum absolute atomic E-state index is 11.1. The Labute approximate surface area is 151 Å². The summed E-state index contributed by atoms with van der Waals surface area (Å²) in [4.78, 5) is 15.9. The molecule has 0 aliphatic heterocycles. The van der Waals surface area contributed by atoms with Crippen molar-refractivity contribution in [2.75, 3.05) is 26.7 Å². The lowest BCUT2D eigenvalue weighted by molar-refractivity contribution is -0.140. The summed E-state index contributed by atoms with van der Waals surface area (Å²) in [6.07, 6.45) is 5.84. The van der Waals surface area contributed by atoms with Gasteiger partial charge in [-0.1, -0.05) is 36.8 Å². The van der Waals surface area contributed by atoms with Crippen LogP contribution in [-0.4, -0.2) is 38.7 Å². The first-order valence-corrected chi connectivity index (χ1v) is 9.35. The van der Waals surface area contributed by atoms with Gasteiger partial charge in [-0.15, -0.1) is 0 Å². The van der Waals surface area contributed by atoms with Gasteiger partial charge in [0.1, 0.15) is 0 Å². The minimum Gasteiger partial charge on any atom is -0.469 e. The maximum atomic E-state index is 11.1. The molecule has 0 amide bonds. The van der Waals surface area contributed by atoms with Gasteiger partial charge in [-0.3, -0.25) is 9.79 Å². The highest BCUT2D eigenvalue weighted by atomic mass is 16.5. The van der Waals surface area contributed by atoms with Gasteiger partial charge in [0, 0.05) is 24.9 Å². The molecule has 1 aliphatic carbocycles. The van der Waals surface area contributed by atoms with Gasteiger partial charge in [0.15, 0.2) is 5.96 Å². The topological polar surface area (TPSA) is 62.7 Å². The molecule has 0 aromatic heterocycles. The first-order chi connectivity index (χ1) is 12.2. The Morgan fingerprint density at radius 3 is 2.56 bits per heavy atom. The summed E-state index contributed by atoms with van der Waals surface area (Å²) in [7, 11) is 1.44. The Hall–Kier alpha value is -2.04. The minimum absolute atomic E-state index is 0.126. The highest BCUT2D eigenvalue weighted by molar-refractivity contribution is 5.79. The number of guanidine groups is 1. The van der Waals surface area contributed by atoms with Crippen molar-refractivity contribution in [1.29, 1.82) is 0 Å². The predicted octanol–water partition coefficient (Wildman–Crippen LogP) is 3.01. The second-order valence-electron chi connectivity index (χ2n) is 6.66. The van der Waals surface area contributed by atoms with E-state index in [1.165, 1.54) is 25.5 Å². The van der Waals surface area contributed by atoms with Gasteiger partial charge >= 0.3 is 5.97 Å². The molecule has 0 spiro atoms. The highest BCUT2D eigenvalue weighted by Crippen LogP contribution is 2.48. The number of hydrogen-bond donors (Lipinski definition) is 2. The molecule has 1 saturated carbocycles. The Kier molecular flexibility index (Phi) is 7.76. The molecule has 1 aliphatic rings. The number of benzene rings is 1. The van der Waals surface area contributed by atoms with E-state index in [-0.39, 0.29) is 11.4 Å². The Bertz CT molecular complexity index is 553. The maximum Gasteiger partial charge on any atom is 0.305 e. The third-order valence-electron chi connectivity index (χ3n) is 4.70. The molecule has 1 fully saturated rings. The van der Waals surface area contributed by atoms with Crippen LogP contribution < -0.4 is 10.6 Å². The summed E-state index contributed by atoms with van der Waals surface area (Å²) in [5, 5.41) is 6.71. The molecule has 1 aromatic carbocycles. The van der Waals surface area contributed by atoms with Crippen LogP contribution in [0.4, 0.5) is 0 Å². The molecule has 2 rings (SSSR count). The summed E-state index contributed by atoms with van der Waals surface area (Å²) in [6.45, 7) is 4.63. The molecule has 0 saturated heterocycles. The number of carbonyl (C=O) groups is 1. The molecular weight excluding hydrogens is 314 g/mol. The largest absolute Gasteiger partial charge is 0.469 e. The second kappa shape index (κ2) is 10.1. The van der Waals surface area contributed by atoms with Crippen molar-refractivity contribution in [2.45, 2.75) is 50.9 Å². The van der Waals surface area contributed by atoms with Gasteiger partial charge in [-0.05, 0) is 38.2 Å². The number of ether oxygens (including phenoxy) is 1. The fourth-order valence-corrected chi connectivity index (χ4v) is 2.93. The summed E-state index contributed by atoms with van der Waals surface area (Å²) in [5.41, 5.74) is 1.64. The Morgan fingerprint density at radius 2 is 1.92 bits per heavy atom. The van der Waals surface area contributed by atoms with Crippen LogP contribution in [0.3, 0.4) is 0 Å². The van der Waals surface area contributed by atoms with Crippen LogP contribution in [0.25, 0.3) is 0 Å². The van der Waals surface area contributed by atoms with Crippen molar-refractivity contribution in [1.82, 2.24) is 10.6 Å². The monoisotopic (exact) mass is 345 g/mol. The summed E-state index contributed by atoms with van der Waals surface area (Å²) in [6, 6.07) is 10.7. The number of aliphatic imine (C=N–C) groups is 1. The number of hydrogen-bond acceptors (Lipinski definition) is 3. The standard InChI is InChI=1S/C20H31N3O2/c1-3-21-19(22-15-9-5-8-12-18(24)25-2)23-16-20(13-14-20)17-10-6-4-7-11-17/h4,6-7,10-11H,3,5,8-9,12-16H2,1-2H3,(H2,21,22,23). The van der Waals surface area contributed by atoms with Crippen LogP contribution in [0, 0.1) is 0 Å². The number of unbranched alkanes of at least 4 members (excludes halogenated alkanes) is 2. The second-order valence-corrected chi connectivity index (χ2v) is 6.66. The molecule has 0 unspecified atom stereocenters. The van der Waals surface area contributed by atoms with Gasteiger partial charge in [0.05, 0.1) is 13.7 Å². The van der Waals surface area contributed by atoms with E-state index in [0.717, 1.165) is 44.9 Å². The van der Waals surface area contributed by atoms with E-state index in [0.29, 0.717) is 6.42 Å². The van der Waals surface area contributed by atoms with E-state index >= 15 is 0 Å². The van der Waals surface area contributed by atoms with Gasteiger partial charge in [0.2, 0.25) is 0 Å². The third kappa shape index (κ3) is 6.40. The molecular formula is C20H31N3O2. The van der Waals surface area contributed by atoms with Crippen molar-refractivity contribution in [3.8, 4) is 0 Å². The van der Waals surface area contributed by atoms with Crippen LogP contribution in [-0.2, 0) is 14.9 Å². The van der Waals surface area contributed by atoms with E-state index < -0.39 is 0 Å². The Balaban J connectivity index is 1.74. The Morgan fingerprint density at radius 1 is 1.16 bits per heavy atom. The fourth-order valence-electron chi connectivity index (χ4n) is 2.93. The smallest absolute Gasteiger partial charge is 0.305 e. The van der Waals surface area contributed by atoms with Crippen LogP contribution in [0.5, 0.6) is 0 Å². The van der Waals surface area contributed by atoms with E-state index in [9.17, 15) is 4.79 Å². The van der Waals surface area contributed by atoms with Crippen LogP contribution in [0.2, 0.25) is 0 Å². The number of methoxy groups -OCH3 is 1. The van der Waals surface area contributed by atoms with Crippen molar-refractivity contribution in [3.05, 3.63) is 35.9 Å². The number of esters is 1. The molecule has 5 nitrogen and oxygen atoms in total. The molecule has 0 atom stereocenters. The third-order valence-corrected chi connectivity index (χ3v) is 4.70. The average Bonchev–Trinajstić information content (AvgIpc) is 3.44. The zero-order valence-corrected chi connectivity index (χ0v) is 15.5. The lowest BCUT2D eigenvalue weighted by Crippen LogP contribution is -2.38. The zero-order valence-electron chi connectivity index (χ0n) is 15.5. The lowest BCUT2D eigenvalue weighted by Gasteiger charge is -2.16. The summed E-state index contributed by atoms with van der Waals surface area (Å²) < 4.78 is 4.65. The SMILES string of the molecule is CCNC(=NCC1(c2ccccc2)CC1)NCCCCCC(=O)OC. The van der Waals surface area contributed by atoms with Crippen LogP contribution >= 0.6 is 0 Å². The summed E-state index contributed by atoms with van der Waals surface area (Å²) in [5.74, 6) is 0.760. The quantitative estimate of drug-likeness (QED) is 0.296. The van der Waals surface area contributed by atoms with Crippen LogP contribution in [0.15, 0.2) is 35.3 Å². The van der Waals surface area contributed by atoms with Gasteiger partial charge in [0.25, 0.3) is 0 Å². The molecule has 0 radical (unpaired) electrons. The fraction of sp³-hybridized carbons (Fsp3) is 0.600. The normalized spacial score (nSPS) is 15.5. The van der Waals surface area contributed by atoms with Crippen molar-refractivity contribution >= 4 is 11.9 Å². The molecule has 0 bridgehead atoms. The first-order valence-electron chi connectivity index (χ1n) is 9.35. The molecule has 5 heteroatoms. The van der Waals surface area contributed by atoms with Gasteiger partial charge in [-0.25, -0.2) is 0 Å². The van der Waals surface area contributed by atoms with Crippen LogP contribution in [0.1, 0.15) is 51.0 Å². The van der Waals surface area contributed by atoms with E-state index in [4.69, 9.17) is 4.99 Å². The minimum atomic E-state index is -0.126.